The monoisotopic (exact) mass is 487 g/mol. The first-order valence-electron chi connectivity index (χ1n) is 12.3. The van der Waals surface area contributed by atoms with Gasteiger partial charge >= 0.3 is 5.97 Å². The molecule has 0 unspecified atom stereocenters. The molecule has 1 aromatic heterocycles. The first-order valence-corrected chi connectivity index (χ1v) is 13.3. The second-order valence-electron chi connectivity index (χ2n) is 9.04. The molecule has 1 N–H and O–H groups in total. The topological polar surface area (TPSA) is 68.5 Å². The lowest BCUT2D eigenvalue weighted by atomic mass is 9.97. The number of rotatable bonds is 6. The van der Waals surface area contributed by atoms with Crippen molar-refractivity contribution in [3.05, 3.63) is 72.3 Å². The van der Waals surface area contributed by atoms with Crippen molar-refractivity contribution >= 4 is 45.6 Å². The van der Waals surface area contributed by atoms with E-state index in [0.29, 0.717) is 11.3 Å². The Morgan fingerprint density at radius 3 is 2.43 bits per heavy atom. The summed E-state index contributed by atoms with van der Waals surface area (Å²) in [7, 11) is 0. The maximum absolute atomic E-state index is 13.0. The standard InChI is InChI=1S/C29H29NO4S/c31-28(30-20-10-4-2-1-3-5-11-20)19-35-27-15-9-7-13-23(27)29(32)33-21-16-17-26-24(18-21)22-12-6-8-14-25(22)34-26/h6-9,12-18,20H,1-5,10-11,19H2,(H,30,31). The normalized spacial score (nSPS) is 15.0. The van der Waals surface area contributed by atoms with Crippen molar-refractivity contribution < 1.29 is 18.7 Å². The number of ether oxygens (including phenoxy) is 1. The van der Waals surface area contributed by atoms with Crippen molar-refractivity contribution in [3.8, 4) is 5.75 Å². The number of hydrogen-bond donors (Lipinski definition) is 1. The van der Waals surface area contributed by atoms with Crippen LogP contribution in [0, 0.1) is 0 Å². The smallest absolute Gasteiger partial charge is 0.344 e. The SMILES string of the molecule is O=C(CSc1ccccc1C(=O)Oc1ccc2oc3ccccc3c2c1)NC1CCCCCCC1. The summed E-state index contributed by atoms with van der Waals surface area (Å²) in [5.74, 6) is 0.297. The van der Waals surface area contributed by atoms with E-state index >= 15 is 0 Å². The molecular formula is C29H29NO4S. The number of para-hydroxylation sites is 1. The molecule has 35 heavy (non-hydrogen) atoms. The Morgan fingerprint density at radius 2 is 1.57 bits per heavy atom. The van der Waals surface area contributed by atoms with Crippen LogP contribution in [-0.2, 0) is 4.79 Å². The number of benzene rings is 3. The molecule has 0 bridgehead atoms. The highest BCUT2D eigenvalue weighted by atomic mass is 32.2. The predicted octanol–water partition coefficient (Wildman–Crippen LogP) is 7.13. The lowest BCUT2D eigenvalue weighted by molar-refractivity contribution is -0.119. The van der Waals surface area contributed by atoms with Gasteiger partial charge in [0.15, 0.2) is 0 Å². The number of hydrogen-bond acceptors (Lipinski definition) is 5. The number of furan rings is 1. The minimum absolute atomic E-state index is 0.0148. The van der Waals surface area contributed by atoms with Gasteiger partial charge in [-0.15, -0.1) is 11.8 Å². The lowest BCUT2D eigenvalue weighted by Crippen LogP contribution is -2.36. The summed E-state index contributed by atoms with van der Waals surface area (Å²) < 4.78 is 11.6. The van der Waals surface area contributed by atoms with E-state index in [9.17, 15) is 9.59 Å². The molecule has 1 heterocycles. The van der Waals surface area contributed by atoms with Gasteiger partial charge in [0.05, 0.1) is 11.3 Å². The number of carbonyl (C=O) groups excluding carboxylic acids is 2. The first-order chi connectivity index (χ1) is 17.2. The maximum Gasteiger partial charge on any atom is 0.344 e. The van der Waals surface area contributed by atoms with Gasteiger partial charge in [-0.3, -0.25) is 4.79 Å². The summed E-state index contributed by atoms with van der Waals surface area (Å²) in [6.07, 6.45) is 8.25. The van der Waals surface area contributed by atoms with Crippen molar-refractivity contribution in [2.45, 2.75) is 55.9 Å². The average Bonchev–Trinajstić information content (AvgIpc) is 3.22. The Kier molecular flexibility index (Phi) is 7.38. The molecular weight excluding hydrogens is 458 g/mol. The molecule has 3 aromatic carbocycles. The number of fused-ring (bicyclic) bond motifs is 3. The Labute approximate surface area is 209 Å². The molecule has 1 aliphatic rings. The zero-order valence-electron chi connectivity index (χ0n) is 19.6. The number of esters is 1. The molecule has 5 nitrogen and oxygen atoms in total. The Balaban J connectivity index is 1.25. The summed E-state index contributed by atoms with van der Waals surface area (Å²) in [6.45, 7) is 0. The van der Waals surface area contributed by atoms with Crippen LogP contribution >= 0.6 is 11.8 Å². The molecule has 1 fully saturated rings. The fraction of sp³-hybridized carbons (Fsp3) is 0.310. The van der Waals surface area contributed by atoms with Crippen LogP contribution in [0.2, 0.25) is 0 Å². The zero-order chi connectivity index (χ0) is 24.0. The van der Waals surface area contributed by atoms with E-state index in [-0.39, 0.29) is 17.7 Å². The van der Waals surface area contributed by atoms with Gasteiger partial charge in [0, 0.05) is 21.7 Å². The maximum atomic E-state index is 13.0. The van der Waals surface area contributed by atoms with Gasteiger partial charge in [0.1, 0.15) is 16.9 Å². The highest BCUT2D eigenvalue weighted by Gasteiger charge is 2.18. The lowest BCUT2D eigenvalue weighted by Gasteiger charge is -2.21. The summed E-state index contributed by atoms with van der Waals surface area (Å²) in [4.78, 5) is 26.4. The minimum atomic E-state index is -0.444. The second kappa shape index (κ2) is 11.0. The zero-order valence-corrected chi connectivity index (χ0v) is 20.4. The minimum Gasteiger partial charge on any atom is -0.456 e. The molecule has 0 spiro atoms. The van der Waals surface area contributed by atoms with Crippen LogP contribution in [0.5, 0.6) is 5.75 Å². The predicted molar refractivity (Wildman–Crippen MR) is 140 cm³/mol. The van der Waals surface area contributed by atoms with Crippen molar-refractivity contribution in [2.24, 2.45) is 0 Å². The van der Waals surface area contributed by atoms with Crippen LogP contribution in [0.3, 0.4) is 0 Å². The molecule has 0 atom stereocenters. The van der Waals surface area contributed by atoms with Crippen LogP contribution in [0.25, 0.3) is 21.9 Å². The summed E-state index contributed by atoms with van der Waals surface area (Å²) in [5.41, 5.74) is 2.00. The number of carbonyl (C=O) groups is 2. The third-order valence-corrected chi connectivity index (χ3v) is 7.57. The van der Waals surface area contributed by atoms with Gasteiger partial charge < -0.3 is 14.5 Å². The van der Waals surface area contributed by atoms with E-state index in [0.717, 1.165) is 39.7 Å². The summed E-state index contributed by atoms with van der Waals surface area (Å²) in [6, 6.07) is 20.7. The van der Waals surface area contributed by atoms with E-state index in [1.165, 1.54) is 43.9 Å². The Morgan fingerprint density at radius 1 is 0.857 bits per heavy atom. The third-order valence-electron chi connectivity index (χ3n) is 6.49. The van der Waals surface area contributed by atoms with Gasteiger partial charge in [-0.25, -0.2) is 4.79 Å². The van der Waals surface area contributed by atoms with Crippen LogP contribution < -0.4 is 10.1 Å². The van der Waals surface area contributed by atoms with Crippen LogP contribution in [0.1, 0.15) is 55.3 Å². The number of amides is 1. The Bertz CT molecular complexity index is 1340. The molecule has 0 saturated heterocycles. The van der Waals surface area contributed by atoms with E-state index in [1.807, 2.05) is 54.6 Å². The quantitative estimate of drug-likeness (QED) is 0.178. The van der Waals surface area contributed by atoms with Crippen molar-refractivity contribution in [3.63, 3.8) is 0 Å². The molecule has 6 heteroatoms. The van der Waals surface area contributed by atoms with Crippen LogP contribution in [0.4, 0.5) is 0 Å². The molecule has 0 radical (unpaired) electrons. The molecule has 0 aliphatic heterocycles. The van der Waals surface area contributed by atoms with Crippen molar-refractivity contribution in [1.29, 1.82) is 0 Å². The summed E-state index contributed by atoms with van der Waals surface area (Å²) in [5, 5.41) is 5.07. The van der Waals surface area contributed by atoms with E-state index in [4.69, 9.17) is 9.15 Å². The third kappa shape index (κ3) is 5.70. The molecule has 4 aromatic rings. The molecule has 1 saturated carbocycles. The molecule has 1 aliphatic carbocycles. The fourth-order valence-corrected chi connectivity index (χ4v) is 5.56. The number of nitrogens with one attached hydrogen (secondary N) is 1. The van der Waals surface area contributed by atoms with Gasteiger partial charge in [-0.2, -0.15) is 0 Å². The van der Waals surface area contributed by atoms with Gasteiger partial charge in [0.25, 0.3) is 0 Å². The average molecular weight is 488 g/mol. The van der Waals surface area contributed by atoms with E-state index in [1.54, 1.807) is 12.1 Å². The van der Waals surface area contributed by atoms with Crippen molar-refractivity contribution in [2.75, 3.05) is 5.75 Å². The largest absolute Gasteiger partial charge is 0.456 e. The Hall–Kier alpha value is -3.25. The second-order valence-corrected chi connectivity index (χ2v) is 10.1. The molecule has 5 rings (SSSR count). The highest BCUT2D eigenvalue weighted by Crippen LogP contribution is 2.32. The van der Waals surface area contributed by atoms with Crippen LogP contribution in [-0.4, -0.2) is 23.7 Å². The highest BCUT2D eigenvalue weighted by molar-refractivity contribution is 8.00. The first kappa shape index (κ1) is 23.5. The van der Waals surface area contributed by atoms with Gasteiger partial charge in [-0.05, 0) is 49.2 Å². The summed E-state index contributed by atoms with van der Waals surface area (Å²) >= 11 is 1.37. The van der Waals surface area contributed by atoms with Crippen molar-refractivity contribution in [1.82, 2.24) is 5.32 Å². The number of thioether (sulfide) groups is 1. The fourth-order valence-electron chi connectivity index (χ4n) is 4.70. The van der Waals surface area contributed by atoms with Gasteiger partial charge in [-0.1, -0.05) is 62.4 Å². The molecule has 1 amide bonds. The van der Waals surface area contributed by atoms with E-state index < -0.39 is 5.97 Å². The molecule has 180 valence electrons. The van der Waals surface area contributed by atoms with Crippen LogP contribution in [0.15, 0.2) is 76.0 Å². The van der Waals surface area contributed by atoms with E-state index in [2.05, 4.69) is 5.32 Å². The van der Waals surface area contributed by atoms with Gasteiger partial charge in [0.2, 0.25) is 5.91 Å².